The molecule has 0 heterocycles. The van der Waals surface area contributed by atoms with E-state index in [9.17, 15) is 0 Å². The van der Waals surface area contributed by atoms with Crippen LogP contribution in [0.5, 0.6) is 0 Å². The lowest BCUT2D eigenvalue weighted by Gasteiger charge is -2.22. The van der Waals surface area contributed by atoms with Gasteiger partial charge in [-0.25, -0.2) is 0 Å². The first kappa shape index (κ1) is 23.2. The Balaban J connectivity index is 1.51. The molecule has 0 aliphatic carbocycles. The third kappa shape index (κ3) is 5.17. The second kappa shape index (κ2) is 10.8. The normalized spacial score (nSPS) is 10.9. The van der Waals surface area contributed by atoms with Crippen LogP contribution >= 0.6 is 7.92 Å². The standard InChI is InChI=1S/C36H27P/c1-4-13-28(14-5-1)31-19-10-22-34(25-31)37(35-23-11-20-32(26-35)29-15-6-2-7-16-29)36-24-12-21-33(27-36)30-17-8-3-9-18-30/h1-27H. The fourth-order valence-corrected chi connectivity index (χ4v) is 7.22. The van der Waals surface area contributed by atoms with Crippen molar-refractivity contribution < 1.29 is 0 Å². The van der Waals surface area contributed by atoms with E-state index in [1.807, 2.05) is 0 Å². The van der Waals surface area contributed by atoms with E-state index in [1.54, 1.807) is 0 Å². The molecule has 0 atom stereocenters. The zero-order chi connectivity index (χ0) is 24.9. The van der Waals surface area contributed by atoms with Crippen LogP contribution in [0.15, 0.2) is 164 Å². The van der Waals surface area contributed by atoms with E-state index in [0.29, 0.717) is 0 Å². The Hall–Kier alpha value is -4.25. The van der Waals surface area contributed by atoms with Crippen molar-refractivity contribution in [2.75, 3.05) is 0 Å². The van der Waals surface area contributed by atoms with Gasteiger partial charge in [0.2, 0.25) is 0 Å². The Morgan fingerprint density at radius 1 is 0.243 bits per heavy atom. The summed E-state index contributed by atoms with van der Waals surface area (Å²) >= 11 is 0. The quantitative estimate of drug-likeness (QED) is 0.206. The SMILES string of the molecule is c1ccc(-c2cccc(P(c3cccc(-c4ccccc4)c3)c3cccc(-c4ccccc4)c3)c2)cc1. The van der Waals surface area contributed by atoms with Crippen LogP contribution < -0.4 is 15.9 Å². The molecule has 0 aromatic heterocycles. The fraction of sp³-hybridized carbons (Fsp3) is 0. The molecule has 0 spiro atoms. The summed E-state index contributed by atoms with van der Waals surface area (Å²) in [5.41, 5.74) is 7.50. The van der Waals surface area contributed by atoms with Gasteiger partial charge in [0.05, 0.1) is 0 Å². The Morgan fingerprint density at radius 2 is 0.514 bits per heavy atom. The average molecular weight is 491 g/mol. The highest BCUT2D eigenvalue weighted by molar-refractivity contribution is 7.79. The molecule has 0 bridgehead atoms. The summed E-state index contributed by atoms with van der Waals surface area (Å²) < 4.78 is 0. The van der Waals surface area contributed by atoms with E-state index >= 15 is 0 Å². The summed E-state index contributed by atoms with van der Waals surface area (Å²) in [6, 6.07) is 59.3. The number of benzene rings is 6. The molecule has 0 aliphatic rings. The Labute approximate surface area is 220 Å². The molecule has 1 heteroatoms. The van der Waals surface area contributed by atoms with Crippen LogP contribution in [0.2, 0.25) is 0 Å². The van der Waals surface area contributed by atoms with Crippen molar-refractivity contribution in [3.8, 4) is 33.4 Å². The first-order valence-corrected chi connectivity index (χ1v) is 14.0. The molecule has 0 saturated heterocycles. The highest BCUT2D eigenvalue weighted by atomic mass is 31.1. The lowest BCUT2D eigenvalue weighted by Crippen LogP contribution is -2.21. The van der Waals surface area contributed by atoms with Crippen molar-refractivity contribution >= 4 is 23.8 Å². The van der Waals surface area contributed by atoms with Gasteiger partial charge < -0.3 is 0 Å². The summed E-state index contributed by atoms with van der Waals surface area (Å²) in [5, 5.41) is 4.06. The minimum atomic E-state index is -0.766. The van der Waals surface area contributed by atoms with Crippen molar-refractivity contribution in [3.05, 3.63) is 164 Å². The van der Waals surface area contributed by atoms with E-state index in [0.717, 1.165) is 0 Å². The molecule has 0 fully saturated rings. The molecule has 6 aromatic rings. The van der Waals surface area contributed by atoms with Gasteiger partial charge in [-0.15, -0.1) is 0 Å². The minimum Gasteiger partial charge on any atom is -0.0622 e. The molecule has 37 heavy (non-hydrogen) atoms. The van der Waals surface area contributed by atoms with Crippen LogP contribution in [0.4, 0.5) is 0 Å². The van der Waals surface area contributed by atoms with Gasteiger partial charge in [0.1, 0.15) is 0 Å². The van der Waals surface area contributed by atoms with Crippen molar-refractivity contribution in [2.24, 2.45) is 0 Å². The fourth-order valence-electron chi connectivity index (χ4n) is 4.81. The summed E-state index contributed by atoms with van der Waals surface area (Å²) in [6.07, 6.45) is 0. The van der Waals surface area contributed by atoms with Gasteiger partial charge in [0.15, 0.2) is 0 Å². The molecule has 6 aromatic carbocycles. The highest BCUT2D eigenvalue weighted by Crippen LogP contribution is 2.36. The maximum absolute atomic E-state index is 2.38. The summed E-state index contributed by atoms with van der Waals surface area (Å²) in [7, 11) is -0.766. The van der Waals surface area contributed by atoms with E-state index in [2.05, 4.69) is 164 Å². The van der Waals surface area contributed by atoms with E-state index < -0.39 is 7.92 Å². The van der Waals surface area contributed by atoms with Crippen LogP contribution in [0.1, 0.15) is 0 Å². The minimum absolute atomic E-state index is 0.766. The van der Waals surface area contributed by atoms with Crippen molar-refractivity contribution in [3.63, 3.8) is 0 Å². The van der Waals surface area contributed by atoms with Crippen LogP contribution in [-0.4, -0.2) is 0 Å². The number of hydrogen-bond acceptors (Lipinski definition) is 0. The highest BCUT2D eigenvalue weighted by Gasteiger charge is 2.19. The summed E-state index contributed by atoms with van der Waals surface area (Å²) in [6.45, 7) is 0. The molecular weight excluding hydrogens is 463 g/mol. The first-order valence-electron chi connectivity index (χ1n) is 12.6. The molecule has 0 aliphatic heterocycles. The predicted molar refractivity (Wildman–Crippen MR) is 161 cm³/mol. The van der Waals surface area contributed by atoms with Crippen molar-refractivity contribution in [1.82, 2.24) is 0 Å². The molecule has 6 rings (SSSR count). The van der Waals surface area contributed by atoms with Gasteiger partial charge in [-0.05, 0) is 75.4 Å². The lowest BCUT2D eigenvalue weighted by molar-refractivity contribution is 1.63. The van der Waals surface area contributed by atoms with Gasteiger partial charge in [-0.1, -0.05) is 146 Å². The second-order valence-electron chi connectivity index (χ2n) is 9.08. The Bertz CT molecular complexity index is 1410. The Morgan fingerprint density at radius 3 is 0.811 bits per heavy atom. The molecule has 176 valence electrons. The van der Waals surface area contributed by atoms with Crippen molar-refractivity contribution in [1.29, 1.82) is 0 Å². The third-order valence-corrected chi connectivity index (χ3v) is 9.02. The molecule has 0 saturated carbocycles. The molecule has 0 nitrogen and oxygen atoms in total. The van der Waals surface area contributed by atoms with Gasteiger partial charge >= 0.3 is 0 Å². The van der Waals surface area contributed by atoms with Crippen LogP contribution in [0.3, 0.4) is 0 Å². The third-order valence-electron chi connectivity index (χ3n) is 6.63. The van der Waals surface area contributed by atoms with Gasteiger partial charge in [0, 0.05) is 0 Å². The number of hydrogen-bond donors (Lipinski definition) is 0. The summed E-state index contributed by atoms with van der Waals surface area (Å²) in [4.78, 5) is 0. The van der Waals surface area contributed by atoms with Crippen LogP contribution in [-0.2, 0) is 0 Å². The largest absolute Gasteiger partial charge is 0.0622 e. The predicted octanol–water partition coefficient (Wildman–Crippen LogP) is 8.45. The van der Waals surface area contributed by atoms with Gasteiger partial charge in [-0.2, -0.15) is 0 Å². The zero-order valence-corrected chi connectivity index (χ0v) is 21.4. The Kier molecular flexibility index (Phi) is 6.76. The lowest BCUT2D eigenvalue weighted by atomic mass is 10.1. The monoisotopic (exact) mass is 490 g/mol. The maximum atomic E-state index is 2.38. The van der Waals surface area contributed by atoms with Gasteiger partial charge in [-0.3, -0.25) is 0 Å². The zero-order valence-electron chi connectivity index (χ0n) is 20.5. The molecule has 0 N–H and O–H groups in total. The van der Waals surface area contributed by atoms with E-state index in [-0.39, 0.29) is 0 Å². The van der Waals surface area contributed by atoms with Crippen LogP contribution in [0, 0.1) is 0 Å². The van der Waals surface area contributed by atoms with Crippen LogP contribution in [0.25, 0.3) is 33.4 Å². The summed E-state index contributed by atoms with van der Waals surface area (Å²) in [5.74, 6) is 0. The van der Waals surface area contributed by atoms with E-state index in [1.165, 1.54) is 49.3 Å². The molecule has 0 radical (unpaired) electrons. The topological polar surface area (TPSA) is 0 Å². The number of rotatable bonds is 6. The molecular formula is C36H27P. The molecule has 0 amide bonds. The van der Waals surface area contributed by atoms with E-state index in [4.69, 9.17) is 0 Å². The van der Waals surface area contributed by atoms with Gasteiger partial charge in [0.25, 0.3) is 0 Å². The van der Waals surface area contributed by atoms with Crippen molar-refractivity contribution in [2.45, 2.75) is 0 Å². The average Bonchev–Trinajstić information content (AvgIpc) is 2.99. The maximum Gasteiger partial charge on any atom is -0.0134 e. The second-order valence-corrected chi connectivity index (χ2v) is 11.3. The first-order chi connectivity index (χ1) is 18.3. The molecule has 0 unspecified atom stereocenters. The smallest absolute Gasteiger partial charge is 0.0134 e.